The van der Waals surface area contributed by atoms with Crippen molar-refractivity contribution in [1.82, 2.24) is 19.1 Å². The summed E-state index contributed by atoms with van der Waals surface area (Å²) in [4.78, 5) is 12.8. The van der Waals surface area contributed by atoms with Crippen LogP contribution in [0.5, 0.6) is 0 Å². The first-order valence-corrected chi connectivity index (χ1v) is 17.0. The van der Waals surface area contributed by atoms with Crippen LogP contribution in [0.1, 0.15) is 5.56 Å². The van der Waals surface area contributed by atoms with Gasteiger partial charge in [0, 0.05) is 49.4 Å². The second-order valence-electron chi connectivity index (χ2n) is 12.8. The van der Waals surface area contributed by atoms with E-state index in [0.29, 0.717) is 11.2 Å². The van der Waals surface area contributed by atoms with E-state index in [1.807, 2.05) is 60.7 Å². The highest BCUT2D eigenvalue weighted by Crippen LogP contribution is 2.39. The first-order chi connectivity index (χ1) is 25.2. The first-order valence-electron chi connectivity index (χ1n) is 17.0. The van der Waals surface area contributed by atoms with Crippen LogP contribution in [-0.2, 0) is 0 Å². The second kappa shape index (κ2) is 11.5. The van der Waals surface area contributed by atoms with Gasteiger partial charge in [0.25, 0.3) is 0 Å². The molecule has 6 nitrogen and oxygen atoms in total. The third kappa shape index (κ3) is 4.69. The molecule has 2 N–H and O–H groups in total. The standard InChI is InChI=1S/C45H30N6/c46-44(49-45-47-38-20-10-7-19-35(38)43(48-45)29-13-3-1-4-14-29)30-23-25-32(26-24-30)51-40-22-12-9-18-34(40)37-27-41-36(28-42(37)51)33-17-8-11-21-39(33)50(41)31-15-5-2-6-16-31/h1-28H,(H2,46,47,48,49). The van der Waals surface area contributed by atoms with Gasteiger partial charge < -0.3 is 14.1 Å². The highest BCUT2D eigenvalue weighted by Gasteiger charge is 2.18. The van der Waals surface area contributed by atoms with Crippen LogP contribution < -0.4 is 5.62 Å². The van der Waals surface area contributed by atoms with Crippen LogP contribution in [-0.4, -0.2) is 24.9 Å². The summed E-state index contributed by atoms with van der Waals surface area (Å²) in [7, 11) is 0. The fourth-order valence-electron chi connectivity index (χ4n) is 7.48. The molecule has 0 aliphatic carbocycles. The third-order valence-corrected chi connectivity index (χ3v) is 9.79. The van der Waals surface area contributed by atoms with Crippen molar-refractivity contribution in [2.45, 2.75) is 0 Å². The number of fused-ring (bicyclic) bond motifs is 7. The summed E-state index contributed by atoms with van der Waals surface area (Å²) in [6.45, 7) is 0. The summed E-state index contributed by atoms with van der Waals surface area (Å²) in [5.41, 5.74) is 10.6. The Morgan fingerprint density at radius 1 is 0.490 bits per heavy atom. The number of H-pyrrole nitrogens is 1. The lowest BCUT2D eigenvalue weighted by Crippen LogP contribution is -2.17. The van der Waals surface area contributed by atoms with E-state index in [9.17, 15) is 0 Å². The highest BCUT2D eigenvalue weighted by molar-refractivity contribution is 6.19. The van der Waals surface area contributed by atoms with Crippen LogP contribution in [0, 0.1) is 5.41 Å². The maximum atomic E-state index is 8.96. The summed E-state index contributed by atoms with van der Waals surface area (Å²) in [5.74, 6) is 0.136. The van der Waals surface area contributed by atoms with Crippen molar-refractivity contribution in [1.29, 1.82) is 5.41 Å². The summed E-state index contributed by atoms with van der Waals surface area (Å²) in [6.07, 6.45) is 0. The average molecular weight is 655 g/mol. The Morgan fingerprint density at radius 2 is 1.00 bits per heavy atom. The molecule has 51 heavy (non-hydrogen) atoms. The number of amidine groups is 1. The lowest BCUT2D eigenvalue weighted by atomic mass is 10.1. The van der Waals surface area contributed by atoms with E-state index in [1.54, 1.807) is 0 Å². The van der Waals surface area contributed by atoms with E-state index in [1.165, 1.54) is 32.6 Å². The number of nitrogens with one attached hydrogen (secondary N) is 2. The first kappa shape index (κ1) is 28.9. The van der Waals surface area contributed by atoms with Gasteiger partial charge in [-0.1, -0.05) is 103 Å². The summed E-state index contributed by atoms with van der Waals surface area (Å²) >= 11 is 0. The van der Waals surface area contributed by atoms with Gasteiger partial charge in [-0.05, 0) is 66.7 Å². The molecule has 0 spiro atoms. The quantitative estimate of drug-likeness (QED) is 0.144. The third-order valence-electron chi connectivity index (χ3n) is 9.79. The van der Waals surface area contributed by atoms with Crippen molar-refractivity contribution < 1.29 is 0 Å². The van der Waals surface area contributed by atoms with E-state index < -0.39 is 0 Å². The number of para-hydroxylation sites is 4. The Morgan fingerprint density at radius 3 is 1.63 bits per heavy atom. The maximum Gasteiger partial charge on any atom is 0.229 e. The number of hydrogen-bond donors (Lipinski definition) is 2. The van der Waals surface area contributed by atoms with Gasteiger partial charge in [0.1, 0.15) is 0 Å². The Bertz CT molecular complexity index is 3020. The monoisotopic (exact) mass is 654 g/mol. The van der Waals surface area contributed by atoms with Gasteiger partial charge in [0.05, 0.1) is 33.3 Å². The van der Waals surface area contributed by atoms with Crippen LogP contribution in [0.4, 0.5) is 0 Å². The lowest BCUT2D eigenvalue weighted by Gasteiger charge is -2.10. The maximum absolute atomic E-state index is 8.96. The average Bonchev–Trinajstić information content (AvgIpc) is 3.69. The molecule has 0 atom stereocenters. The number of aromatic nitrogens is 4. The van der Waals surface area contributed by atoms with Gasteiger partial charge in [0.2, 0.25) is 5.62 Å². The highest BCUT2D eigenvalue weighted by atomic mass is 15.0. The molecule has 10 aromatic rings. The molecule has 0 radical (unpaired) electrons. The van der Waals surface area contributed by atoms with E-state index in [0.717, 1.165) is 44.6 Å². The molecule has 10 rings (SSSR count). The van der Waals surface area contributed by atoms with Crippen molar-refractivity contribution in [3.8, 4) is 22.6 Å². The minimum Gasteiger partial charge on any atom is -0.323 e. The van der Waals surface area contributed by atoms with E-state index >= 15 is 0 Å². The van der Waals surface area contributed by atoms with Gasteiger partial charge in [-0.3, -0.25) is 5.41 Å². The number of benzene rings is 7. The van der Waals surface area contributed by atoms with Crippen molar-refractivity contribution in [3.05, 3.63) is 181 Å². The predicted octanol–water partition coefficient (Wildman–Crippen LogP) is 10.4. The molecule has 6 heteroatoms. The zero-order valence-corrected chi connectivity index (χ0v) is 27.5. The zero-order chi connectivity index (χ0) is 33.9. The number of nitrogens with zero attached hydrogens (tertiary/aromatic N) is 4. The predicted molar refractivity (Wildman–Crippen MR) is 209 cm³/mol. The molecule has 3 heterocycles. The molecule has 0 aliphatic rings. The molecule has 0 saturated carbocycles. The van der Waals surface area contributed by atoms with Gasteiger partial charge in [-0.25, -0.2) is 4.98 Å². The molecule has 3 aromatic heterocycles. The Balaban J connectivity index is 1.10. The lowest BCUT2D eigenvalue weighted by molar-refractivity contribution is 1.05. The fraction of sp³-hybridized carbons (Fsp3) is 0. The summed E-state index contributed by atoms with van der Waals surface area (Å²) in [5, 5.41) is 14.8. The zero-order valence-electron chi connectivity index (χ0n) is 27.5. The van der Waals surface area contributed by atoms with Gasteiger partial charge in [-0.2, -0.15) is 4.99 Å². The van der Waals surface area contributed by atoms with Crippen LogP contribution in [0.3, 0.4) is 0 Å². The van der Waals surface area contributed by atoms with Gasteiger partial charge >= 0.3 is 0 Å². The molecule has 0 saturated heterocycles. The smallest absolute Gasteiger partial charge is 0.229 e. The van der Waals surface area contributed by atoms with Crippen molar-refractivity contribution in [3.63, 3.8) is 0 Å². The molecular formula is C45H30N6. The van der Waals surface area contributed by atoms with E-state index in [4.69, 9.17) is 10.4 Å². The number of rotatable bonds is 4. The minimum absolute atomic E-state index is 0.136. The molecular weight excluding hydrogens is 625 g/mol. The van der Waals surface area contributed by atoms with Crippen LogP contribution in [0.25, 0.3) is 77.1 Å². The Kier molecular flexibility index (Phi) is 6.54. The van der Waals surface area contributed by atoms with Gasteiger partial charge in [0.15, 0.2) is 5.84 Å². The normalized spacial score (nSPS) is 12.1. The fourth-order valence-corrected chi connectivity index (χ4v) is 7.48. The largest absolute Gasteiger partial charge is 0.323 e. The minimum atomic E-state index is 0.136. The molecule has 7 aromatic carbocycles. The molecule has 0 fully saturated rings. The topological polar surface area (TPSA) is 74.8 Å². The molecule has 240 valence electrons. The van der Waals surface area contributed by atoms with Gasteiger partial charge in [-0.15, -0.1) is 0 Å². The molecule has 0 bridgehead atoms. The Labute approximate surface area is 292 Å². The number of hydrogen-bond acceptors (Lipinski definition) is 2. The molecule has 0 unspecified atom stereocenters. The van der Waals surface area contributed by atoms with Crippen LogP contribution in [0.15, 0.2) is 175 Å². The second-order valence-corrected chi connectivity index (χ2v) is 12.8. The Hall–Kier alpha value is -7.05. The van der Waals surface area contributed by atoms with Crippen LogP contribution in [0.2, 0.25) is 0 Å². The van der Waals surface area contributed by atoms with Crippen molar-refractivity contribution in [2.24, 2.45) is 4.99 Å². The number of aromatic amines is 1. The van der Waals surface area contributed by atoms with Crippen molar-refractivity contribution >= 4 is 60.4 Å². The van der Waals surface area contributed by atoms with Crippen molar-refractivity contribution in [2.75, 3.05) is 0 Å². The SMILES string of the molecule is N=C(N=c1nc(-c2ccccc2)c2ccccc2[nH]1)c1ccc(-n2c3ccccc3c3cc4c(cc32)c2ccccc2n4-c2ccccc2)cc1. The van der Waals surface area contributed by atoms with E-state index in [-0.39, 0.29) is 5.84 Å². The summed E-state index contributed by atoms with van der Waals surface area (Å²) < 4.78 is 4.69. The molecule has 0 amide bonds. The summed E-state index contributed by atoms with van der Waals surface area (Å²) in [6, 6.07) is 58.7. The van der Waals surface area contributed by atoms with Crippen LogP contribution >= 0.6 is 0 Å². The molecule has 0 aliphatic heterocycles. The van der Waals surface area contributed by atoms with E-state index in [2.05, 4.69) is 128 Å².